The van der Waals surface area contributed by atoms with Crippen LogP contribution in [-0.4, -0.2) is 29.2 Å². The van der Waals surface area contributed by atoms with Crippen LogP contribution in [-0.2, 0) is 9.53 Å². The minimum absolute atomic E-state index is 0.0286. The monoisotopic (exact) mass is 342 g/mol. The maximum absolute atomic E-state index is 12.3. The van der Waals surface area contributed by atoms with Crippen LogP contribution < -0.4 is 0 Å². The molecule has 0 saturated heterocycles. The van der Waals surface area contributed by atoms with Crippen LogP contribution >= 0.6 is 0 Å². The predicted octanol–water partition coefficient (Wildman–Crippen LogP) is 4.50. The lowest BCUT2D eigenvalue weighted by atomic mass is 9.78. The number of methoxy groups -OCH3 is 1. The van der Waals surface area contributed by atoms with Crippen molar-refractivity contribution in [1.29, 1.82) is 0 Å². The Labute approximate surface area is 149 Å². The van der Waals surface area contributed by atoms with Gasteiger partial charge in [0, 0.05) is 24.9 Å². The summed E-state index contributed by atoms with van der Waals surface area (Å²) in [5.41, 5.74) is 1.26. The number of hydrogen-bond acceptors (Lipinski definition) is 4. The Morgan fingerprint density at radius 3 is 2.68 bits per heavy atom. The fourth-order valence-electron chi connectivity index (χ4n) is 2.91. The standard InChI is InChI=1S/C21H26O4/c1-5-21(2,3)17-12-15(20(25-4)13-19(17)24)8-11-18(23)14-6-9-16(22)10-7-14/h5-6,8-12,14,20,22,24H,1,7,13H2,2-4H3/b11-8+/t14-,20-/m1/s1. The Kier molecular flexibility index (Phi) is 5.85. The van der Waals surface area contributed by atoms with Crippen molar-refractivity contribution in [3.63, 3.8) is 0 Å². The quantitative estimate of drug-likeness (QED) is 0.551. The Morgan fingerprint density at radius 2 is 2.12 bits per heavy atom. The molecule has 0 heterocycles. The summed E-state index contributed by atoms with van der Waals surface area (Å²) < 4.78 is 5.45. The minimum atomic E-state index is -0.375. The van der Waals surface area contributed by atoms with E-state index in [2.05, 4.69) is 6.58 Å². The van der Waals surface area contributed by atoms with E-state index in [4.69, 9.17) is 4.74 Å². The highest BCUT2D eigenvalue weighted by molar-refractivity contribution is 5.93. The Morgan fingerprint density at radius 1 is 1.40 bits per heavy atom. The zero-order chi connectivity index (χ0) is 18.6. The second-order valence-electron chi connectivity index (χ2n) is 6.92. The summed E-state index contributed by atoms with van der Waals surface area (Å²) in [4.78, 5) is 12.3. The molecule has 0 amide bonds. The molecular weight excluding hydrogens is 316 g/mol. The number of ether oxygens (including phenoxy) is 1. The maximum Gasteiger partial charge on any atom is 0.162 e. The zero-order valence-electron chi connectivity index (χ0n) is 15.0. The van der Waals surface area contributed by atoms with Crippen LogP contribution in [0.1, 0.15) is 26.7 Å². The smallest absolute Gasteiger partial charge is 0.162 e. The number of aliphatic hydroxyl groups excluding tert-OH is 2. The molecule has 0 aliphatic heterocycles. The van der Waals surface area contributed by atoms with Crippen molar-refractivity contribution in [2.75, 3.05) is 7.11 Å². The van der Waals surface area contributed by atoms with Crippen molar-refractivity contribution < 1.29 is 19.7 Å². The van der Waals surface area contributed by atoms with Crippen LogP contribution in [0.5, 0.6) is 0 Å². The molecule has 0 unspecified atom stereocenters. The van der Waals surface area contributed by atoms with E-state index in [0.29, 0.717) is 12.8 Å². The van der Waals surface area contributed by atoms with E-state index in [1.165, 1.54) is 0 Å². The topological polar surface area (TPSA) is 66.8 Å². The molecule has 2 atom stereocenters. The van der Waals surface area contributed by atoms with E-state index in [1.807, 2.05) is 19.9 Å². The second-order valence-corrected chi connectivity index (χ2v) is 6.92. The summed E-state index contributed by atoms with van der Waals surface area (Å²) in [6.07, 6.45) is 12.4. The minimum Gasteiger partial charge on any atom is -0.512 e. The third kappa shape index (κ3) is 4.40. The molecule has 0 bridgehead atoms. The molecular formula is C21H26O4. The largest absolute Gasteiger partial charge is 0.512 e. The van der Waals surface area contributed by atoms with Crippen LogP contribution in [0.2, 0.25) is 0 Å². The van der Waals surface area contributed by atoms with Crippen molar-refractivity contribution in [3.05, 3.63) is 71.8 Å². The van der Waals surface area contributed by atoms with Crippen molar-refractivity contribution in [2.45, 2.75) is 32.8 Å². The first-order valence-electron chi connectivity index (χ1n) is 8.38. The fraction of sp³-hybridized carbons (Fsp3) is 0.381. The van der Waals surface area contributed by atoms with Crippen molar-refractivity contribution in [2.24, 2.45) is 11.3 Å². The summed E-state index contributed by atoms with van der Waals surface area (Å²) in [7, 11) is 1.59. The van der Waals surface area contributed by atoms with E-state index in [-0.39, 0.29) is 34.7 Å². The summed E-state index contributed by atoms with van der Waals surface area (Å²) in [5.74, 6) is 0.194. The van der Waals surface area contributed by atoms with E-state index < -0.39 is 0 Å². The SMILES string of the molecule is C=CC(C)(C)C1=C(O)C[C@@H](OC)C(/C=C/C(=O)[C@@H]2C=CC(O)=CC2)=C1. The first kappa shape index (κ1) is 19.0. The Balaban J connectivity index is 2.23. The lowest BCUT2D eigenvalue weighted by Gasteiger charge is -2.30. The number of rotatable bonds is 6. The van der Waals surface area contributed by atoms with Crippen LogP contribution in [0.25, 0.3) is 0 Å². The van der Waals surface area contributed by atoms with Gasteiger partial charge < -0.3 is 14.9 Å². The lowest BCUT2D eigenvalue weighted by molar-refractivity contribution is -0.116. The highest BCUT2D eigenvalue weighted by atomic mass is 16.5. The molecule has 0 fully saturated rings. The molecule has 2 aliphatic rings. The lowest BCUT2D eigenvalue weighted by Crippen LogP contribution is -2.23. The van der Waals surface area contributed by atoms with E-state index in [0.717, 1.165) is 11.1 Å². The first-order valence-corrected chi connectivity index (χ1v) is 8.38. The van der Waals surface area contributed by atoms with E-state index >= 15 is 0 Å². The van der Waals surface area contributed by atoms with Gasteiger partial charge in [-0.25, -0.2) is 0 Å². The van der Waals surface area contributed by atoms with Gasteiger partial charge >= 0.3 is 0 Å². The highest BCUT2D eigenvalue weighted by Gasteiger charge is 2.29. The predicted molar refractivity (Wildman–Crippen MR) is 99.2 cm³/mol. The number of allylic oxidation sites excluding steroid dienone is 7. The molecule has 4 heteroatoms. The summed E-state index contributed by atoms with van der Waals surface area (Å²) in [6.45, 7) is 7.80. The molecule has 0 spiro atoms. The number of carbonyl (C=O) groups is 1. The first-order chi connectivity index (χ1) is 11.8. The average Bonchev–Trinajstić information content (AvgIpc) is 2.60. The second kappa shape index (κ2) is 7.70. The Bertz CT molecular complexity index is 701. The van der Waals surface area contributed by atoms with E-state index in [9.17, 15) is 15.0 Å². The summed E-state index contributed by atoms with van der Waals surface area (Å²) in [6, 6.07) is 0. The van der Waals surface area contributed by atoms with Crippen LogP contribution in [0.15, 0.2) is 71.8 Å². The van der Waals surface area contributed by atoms with Crippen molar-refractivity contribution in [1.82, 2.24) is 0 Å². The van der Waals surface area contributed by atoms with Gasteiger partial charge in [0.2, 0.25) is 0 Å². The van der Waals surface area contributed by atoms with Gasteiger partial charge in [0.05, 0.1) is 11.9 Å². The molecule has 0 saturated carbocycles. The molecule has 134 valence electrons. The molecule has 2 aliphatic carbocycles. The fourth-order valence-corrected chi connectivity index (χ4v) is 2.91. The molecule has 0 aromatic heterocycles. The van der Waals surface area contributed by atoms with E-state index in [1.54, 1.807) is 43.6 Å². The molecule has 2 N–H and O–H groups in total. The molecule has 0 aromatic rings. The van der Waals surface area contributed by atoms with Crippen LogP contribution in [0, 0.1) is 11.3 Å². The van der Waals surface area contributed by atoms with Gasteiger partial charge in [-0.3, -0.25) is 4.79 Å². The molecule has 25 heavy (non-hydrogen) atoms. The van der Waals surface area contributed by atoms with Crippen LogP contribution in [0.3, 0.4) is 0 Å². The number of hydrogen-bond donors (Lipinski definition) is 2. The van der Waals surface area contributed by atoms with Gasteiger partial charge in [-0.2, -0.15) is 0 Å². The van der Waals surface area contributed by atoms with Gasteiger partial charge in [0.15, 0.2) is 5.78 Å². The summed E-state index contributed by atoms with van der Waals surface area (Å²) >= 11 is 0. The van der Waals surface area contributed by atoms with Crippen LogP contribution in [0.4, 0.5) is 0 Å². The number of aliphatic hydroxyl groups is 2. The van der Waals surface area contributed by atoms with Gasteiger partial charge in [-0.05, 0) is 41.9 Å². The average molecular weight is 342 g/mol. The van der Waals surface area contributed by atoms with Gasteiger partial charge in [-0.15, -0.1) is 6.58 Å². The third-order valence-electron chi connectivity index (χ3n) is 4.75. The highest BCUT2D eigenvalue weighted by Crippen LogP contribution is 2.37. The maximum atomic E-state index is 12.3. The molecule has 0 aromatic carbocycles. The van der Waals surface area contributed by atoms with Crippen molar-refractivity contribution in [3.8, 4) is 0 Å². The Hall–Kier alpha value is -2.33. The van der Waals surface area contributed by atoms with Crippen molar-refractivity contribution >= 4 is 5.78 Å². The third-order valence-corrected chi connectivity index (χ3v) is 4.75. The molecule has 0 radical (unpaired) electrons. The molecule has 4 nitrogen and oxygen atoms in total. The normalized spacial score (nSPS) is 24.3. The summed E-state index contributed by atoms with van der Waals surface area (Å²) in [5, 5.41) is 19.7. The number of ketones is 1. The zero-order valence-corrected chi connectivity index (χ0v) is 15.0. The van der Waals surface area contributed by atoms with Gasteiger partial charge in [0.25, 0.3) is 0 Å². The number of carbonyl (C=O) groups excluding carboxylic acids is 1. The van der Waals surface area contributed by atoms with Gasteiger partial charge in [-0.1, -0.05) is 32.1 Å². The van der Waals surface area contributed by atoms with Gasteiger partial charge in [0.1, 0.15) is 5.76 Å². The molecule has 2 rings (SSSR count).